The topological polar surface area (TPSA) is 97.3 Å². The summed E-state index contributed by atoms with van der Waals surface area (Å²) in [6.07, 6.45) is 8.23. The second kappa shape index (κ2) is 9.79. The molecule has 6 rings (SSSR count). The predicted molar refractivity (Wildman–Crippen MR) is 141 cm³/mol. The van der Waals surface area contributed by atoms with Gasteiger partial charge in [-0.1, -0.05) is 31.2 Å². The standard InChI is InChI=1S/C28H29N3O5S/c1-17-2-4-20(5-3-17)25(32)31(21-10-12-35-16-21)26-22(27(33)34)14-24(36-26)19-8-6-18(7-9-19)23-15-30-11-13-37-28(30)29-23/h6-9,11,13-15,17,20-21H,2-5,10,12,16H2,1H3,(H,33,34). The van der Waals surface area contributed by atoms with Gasteiger partial charge in [-0.2, -0.15) is 0 Å². The average Bonchev–Trinajstić information content (AvgIpc) is 3.69. The van der Waals surface area contributed by atoms with E-state index in [1.165, 1.54) is 6.07 Å². The van der Waals surface area contributed by atoms with Gasteiger partial charge in [0.1, 0.15) is 11.3 Å². The van der Waals surface area contributed by atoms with E-state index in [-0.39, 0.29) is 29.3 Å². The summed E-state index contributed by atoms with van der Waals surface area (Å²) in [5.41, 5.74) is 2.55. The average molecular weight is 520 g/mol. The minimum absolute atomic E-state index is 0.00200. The van der Waals surface area contributed by atoms with Crippen LogP contribution in [-0.4, -0.2) is 45.6 Å². The number of benzene rings is 1. The molecule has 1 N–H and O–H groups in total. The minimum atomic E-state index is -1.12. The number of hydrogen-bond acceptors (Lipinski definition) is 6. The number of carboxylic acids is 1. The third-order valence-corrected chi connectivity index (χ3v) is 8.36. The van der Waals surface area contributed by atoms with Crippen molar-refractivity contribution in [2.75, 3.05) is 18.1 Å². The summed E-state index contributed by atoms with van der Waals surface area (Å²) in [6, 6.07) is 8.97. The van der Waals surface area contributed by atoms with Crippen molar-refractivity contribution in [3.8, 4) is 22.6 Å². The van der Waals surface area contributed by atoms with E-state index in [0.717, 1.165) is 47.5 Å². The highest BCUT2D eigenvalue weighted by molar-refractivity contribution is 7.15. The van der Waals surface area contributed by atoms with Crippen LogP contribution in [0.15, 0.2) is 52.5 Å². The van der Waals surface area contributed by atoms with Crippen LogP contribution in [-0.2, 0) is 9.53 Å². The quantitative estimate of drug-likeness (QED) is 0.337. The van der Waals surface area contributed by atoms with Gasteiger partial charge in [-0.15, -0.1) is 11.3 Å². The number of amides is 1. The van der Waals surface area contributed by atoms with E-state index in [1.807, 2.05) is 46.4 Å². The highest BCUT2D eigenvalue weighted by Crippen LogP contribution is 2.38. The maximum Gasteiger partial charge on any atom is 0.341 e. The number of aromatic nitrogens is 2. The van der Waals surface area contributed by atoms with E-state index in [9.17, 15) is 14.7 Å². The van der Waals surface area contributed by atoms with E-state index < -0.39 is 5.97 Å². The summed E-state index contributed by atoms with van der Waals surface area (Å²) >= 11 is 1.58. The first kappa shape index (κ1) is 23.9. The molecule has 0 spiro atoms. The zero-order valence-corrected chi connectivity index (χ0v) is 21.4. The fourth-order valence-electron chi connectivity index (χ4n) is 5.40. The lowest BCUT2D eigenvalue weighted by Gasteiger charge is -2.33. The van der Waals surface area contributed by atoms with Gasteiger partial charge in [-0.3, -0.25) is 14.1 Å². The molecule has 192 valence electrons. The molecule has 4 heterocycles. The molecule has 8 nitrogen and oxygen atoms in total. The molecular formula is C28H29N3O5S. The molecule has 2 aliphatic rings. The number of carboxylic acid groups (broad SMARTS) is 1. The Labute approximate surface area is 218 Å². The van der Waals surface area contributed by atoms with E-state index >= 15 is 0 Å². The molecule has 0 bridgehead atoms. The van der Waals surface area contributed by atoms with Gasteiger partial charge in [0.05, 0.1) is 18.3 Å². The Kier molecular flexibility index (Phi) is 6.34. The van der Waals surface area contributed by atoms with Crippen molar-refractivity contribution in [3.05, 3.63) is 53.7 Å². The maximum atomic E-state index is 13.8. The van der Waals surface area contributed by atoms with Crippen molar-refractivity contribution in [3.63, 3.8) is 0 Å². The van der Waals surface area contributed by atoms with Crippen molar-refractivity contribution in [1.29, 1.82) is 0 Å². The second-order valence-corrected chi connectivity index (χ2v) is 11.0. The molecule has 9 heteroatoms. The minimum Gasteiger partial charge on any atom is -0.477 e. The lowest BCUT2D eigenvalue weighted by atomic mass is 9.82. The van der Waals surface area contributed by atoms with Gasteiger partial charge in [-0.25, -0.2) is 9.78 Å². The number of rotatable bonds is 6. The first-order valence-corrected chi connectivity index (χ1v) is 13.7. The predicted octanol–water partition coefficient (Wildman–Crippen LogP) is 5.97. The van der Waals surface area contributed by atoms with Crippen LogP contribution in [0.2, 0.25) is 0 Å². The first-order valence-electron chi connectivity index (χ1n) is 12.8. The van der Waals surface area contributed by atoms with Gasteiger partial charge in [0.15, 0.2) is 4.96 Å². The number of nitrogens with zero attached hydrogens (tertiary/aromatic N) is 3. The van der Waals surface area contributed by atoms with Crippen LogP contribution in [0.25, 0.3) is 27.5 Å². The fourth-order valence-corrected chi connectivity index (χ4v) is 6.10. The summed E-state index contributed by atoms with van der Waals surface area (Å²) < 4.78 is 13.8. The van der Waals surface area contributed by atoms with E-state index in [2.05, 4.69) is 11.9 Å². The summed E-state index contributed by atoms with van der Waals surface area (Å²) in [5, 5.41) is 12.0. The Balaban J connectivity index is 1.33. The van der Waals surface area contributed by atoms with Crippen LogP contribution >= 0.6 is 11.3 Å². The number of imidazole rings is 1. The molecule has 3 aromatic heterocycles. The number of ether oxygens (including phenoxy) is 1. The number of aromatic carboxylic acids is 1. The van der Waals surface area contributed by atoms with Crippen LogP contribution in [0, 0.1) is 11.8 Å². The SMILES string of the molecule is CC1CCC(C(=O)N(c2oc(-c3ccc(-c4cn5ccsc5n4)cc3)cc2C(=O)O)C2CCOC2)CC1. The Morgan fingerprint density at radius 2 is 1.86 bits per heavy atom. The van der Waals surface area contributed by atoms with E-state index in [0.29, 0.717) is 31.3 Å². The van der Waals surface area contributed by atoms with Crippen molar-refractivity contribution in [2.45, 2.75) is 45.1 Å². The number of carbonyl (C=O) groups excluding carboxylic acids is 1. The Hall–Kier alpha value is -3.43. The van der Waals surface area contributed by atoms with Crippen LogP contribution < -0.4 is 4.90 Å². The summed E-state index contributed by atoms with van der Waals surface area (Å²) in [6.45, 7) is 3.13. The highest BCUT2D eigenvalue weighted by atomic mass is 32.1. The van der Waals surface area contributed by atoms with Gasteiger partial charge in [0.2, 0.25) is 11.8 Å². The number of thiazole rings is 1. The zero-order chi connectivity index (χ0) is 25.5. The zero-order valence-electron chi connectivity index (χ0n) is 20.6. The molecule has 4 aromatic rings. The normalized spacial score (nSPS) is 21.9. The highest BCUT2D eigenvalue weighted by Gasteiger charge is 2.38. The molecule has 1 atom stereocenters. The van der Waals surface area contributed by atoms with Gasteiger partial charge in [0, 0.05) is 47.5 Å². The summed E-state index contributed by atoms with van der Waals surface area (Å²) in [5.74, 6) is -0.164. The lowest BCUT2D eigenvalue weighted by molar-refractivity contribution is -0.124. The Morgan fingerprint density at radius 3 is 2.54 bits per heavy atom. The monoisotopic (exact) mass is 519 g/mol. The number of carbonyl (C=O) groups is 2. The summed E-state index contributed by atoms with van der Waals surface area (Å²) in [4.78, 5) is 33.2. The first-order chi connectivity index (χ1) is 18.0. The van der Waals surface area contributed by atoms with Crippen LogP contribution in [0.1, 0.15) is 49.4 Å². The summed E-state index contributed by atoms with van der Waals surface area (Å²) in [7, 11) is 0. The Bertz CT molecular complexity index is 1390. The van der Waals surface area contributed by atoms with E-state index in [4.69, 9.17) is 9.15 Å². The number of anilines is 1. The molecule has 1 saturated carbocycles. The second-order valence-electron chi connectivity index (χ2n) is 10.1. The molecule has 1 aliphatic heterocycles. The molecule has 1 saturated heterocycles. The third kappa shape index (κ3) is 4.57. The van der Waals surface area contributed by atoms with E-state index in [1.54, 1.807) is 16.2 Å². The van der Waals surface area contributed by atoms with Crippen molar-refractivity contribution in [2.24, 2.45) is 11.8 Å². The number of furan rings is 1. The fraction of sp³-hybridized carbons (Fsp3) is 0.393. The van der Waals surface area contributed by atoms with Gasteiger partial charge in [0.25, 0.3) is 0 Å². The Morgan fingerprint density at radius 1 is 1.11 bits per heavy atom. The molecule has 1 amide bonds. The van der Waals surface area contributed by atoms with Gasteiger partial charge in [-0.05, 0) is 38.0 Å². The third-order valence-electron chi connectivity index (χ3n) is 7.59. The van der Waals surface area contributed by atoms with Gasteiger partial charge < -0.3 is 14.3 Å². The lowest BCUT2D eigenvalue weighted by Crippen LogP contribution is -2.45. The van der Waals surface area contributed by atoms with Crippen molar-refractivity contribution >= 4 is 34.1 Å². The molecule has 37 heavy (non-hydrogen) atoms. The van der Waals surface area contributed by atoms with Gasteiger partial charge >= 0.3 is 5.97 Å². The van der Waals surface area contributed by atoms with Crippen LogP contribution in [0.4, 0.5) is 5.88 Å². The number of fused-ring (bicyclic) bond motifs is 1. The molecular weight excluding hydrogens is 490 g/mol. The van der Waals surface area contributed by atoms with Crippen molar-refractivity contribution < 1.29 is 23.8 Å². The van der Waals surface area contributed by atoms with Crippen LogP contribution in [0.5, 0.6) is 0 Å². The largest absolute Gasteiger partial charge is 0.477 e. The smallest absolute Gasteiger partial charge is 0.341 e. The molecule has 1 aromatic carbocycles. The van der Waals surface area contributed by atoms with Crippen molar-refractivity contribution in [1.82, 2.24) is 9.38 Å². The number of hydrogen-bond donors (Lipinski definition) is 1. The molecule has 2 fully saturated rings. The maximum absolute atomic E-state index is 13.8. The molecule has 0 radical (unpaired) electrons. The molecule has 1 unspecified atom stereocenters. The van der Waals surface area contributed by atoms with Crippen LogP contribution in [0.3, 0.4) is 0 Å². The molecule has 1 aliphatic carbocycles.